The van der Waals surface area contributed by atoms with Crippen molar-refractivity contribution in [1.29, 1.82) is 0 Å². The van der Waals surface area contributed by atoms with Crippen molar-refractivity contribution >= 4 is 23.1 Å². The first kappa shape index (κ1) is 25.6. The Morgan fingerprint density at radius 1 is 1.08 bits per heavy atom. The number of anilines is 1. The summed E-state index contributed by atoms with van der Waals surface area (Å²) in [6.07, 6.45) is 13.7. The molecule has 2 bridgehead atoms. The van der Waals surface area contributed by atoms with E-state index in [9.17, 15) is 9.59 Å². The number of fused-ring (bicyclic) bond motifs is 3. The van der Waals surface area contributed by atoms with Gasteiger partial charge in [0.2, 0.25) is 11.8 Å². The van der Waals surface area contributed by atoms with Gasteiger partial charge in [0, 0.05) is 70.3 Å². The van der Waals surface area contributed by atoms with Crippen LogP contribution in [0.15, 0.2) is 24.7 Å². The molecule has 0 spiro atoms. The maximum atomic E-state index is 13.2. The van der Waals surface area contributed by atoms with E-state index in [1.807, 2.05) is 12.4 Å². The van der Waals surface area contributed by atoms with Crippen LogP contribution < -0.4 is 10.6 Å². The Morgan fingerprint density at radius 2 is 1.92 bits per heavy atom. The van der Waals surface area contributed by atoms with Gasteiger partial charge in [-0.3, -0.25) is 14.5 Å². The molecule has 6 heterocycles. The molecule has 4 atom stereocenters. The topological polar surface area (TPSA) is 96.4 Å². The summed E-state index contributed by atoms with van der Waals surface area (Å²) >= 11 is 0. The number of aromatic nitrogens is 2. The zero-order chi connectivity index (χ0) is 26.2. The number of likely N-dealkylation sites (tertiary alicyclic amines) is 1. The summed E-state index contributed by atoms with van der Waals surface area (Å²) in [5.41, 5.74) is 9.36. The molecule has 2 amide bonds. The number of nitrogens with zero attached hydrogens (tertiary/aromatic N) is 5. The summed E-state index contributed by atoms with van der Waals surface area (Å²) < 4.78 is 8.05. The lowest BCUT2D eigenvalue weighted by Crippen LogP contribution is -2.50. The summed E-state index contributed by atoms with van der Waals surface area (Å²) in [4.78, 5) is 37.1. The van der Waals surface area contributed by atoms with Gasteiger partial charge >= 0.3 is 0 Å². The lowest BCUT2D eigenvalue weighted by Gasteiger charge is -2.41. The molecular weight excluding hydrogens is 480 g/mol. The zero-order valence-corrected chi connectivity index (χ0v) is 22.6. The van der Waals surface area contributed by atoms with Gasteiger partial charge in [-0.1, -0.05) is 6.92 Å². The number of hydrogen-bond acceptors (Lipinski definition) is 6. The van der Waals surface area contributed by atoms with E-state index in [0.717, 1.165) is 89.9 Å². The molecule has 6 rings (SSSR count). The quantitative estimate of drug-likeness (QED) is 0.600. The smallest absolute Gasteiger partial charge is 0.228 e. The number of amides is 2. The second-order valence-corrected chi connectivity index (χ2v) is 11.7. The number of carbonyl (C=O) groups is 2. The second-order valence-electron chi connectivity index (χ2n) is 11.7. The molecule has 2 aromatic rings. The normalized spacial score (nSPS) is 27.7. The molecule has 9 nitrogen and oxygen atoms in total. The van der Waals surface area contributed by atoms with Gasteiger partial charge in [-0.15, -0.1) is 0 Å². The highest BCUT2D eigenvalue weighted by Crippen LogP contribution is 2.40. The predicted octanol–water partition coefficient (Wildman–Crippen LogP) is 2.46. The van der Waals surface area contributed by atoms with E-state index in [1.54, 1.807) is 0 Å². The predicted molar refractivity (Wildman–Crippen MR) is 146 cm³/mol. The van der Waals surface area contributed by atoms with Gasteiger partial charge in [0.1, 0.15) is 0 Å². The van der Waals surface area contributed by atoms with Gasteiger partial charge < -0.3 is 24.7 Å². The molecule has 38 heavy (non-hydrogen) atoms. The fraction of sp³-hybridized carbons (Fsp3) is 0.690. The molecule has 0 saturated carbocycles. The van der Waals surface area contributed by atoms with Gasteiger partial charge in [0.25, 0.3) is 0 Å². The highest BCUT2D eigenvalue weighted by atomic mass is 16.5. The molecule has 4 aliphatic rings. The van der Waals surface area contributed by atoms with Crippen LogP contribution in [0.25, 0.3) is 5.65 Å². The molecule has 2 aromatic heterocycles. The monoisotopic (exact) mass is 522 g/mol. The summed E-state index contributed by atoms with van der Waals surface area (Å²) in [6.45, 7) is 7.46. The van der Waals surface area contributed by atoms with Gasteiger partial charge in [0.15, 0.2) is 5.65 Å². The maximum Gasteiger partial charge on any atom is 0.228 e. The molecule has 4 aliphatic heterocycles. The Balaban J connectivity index is 1.12. The van der Waals surface area contributed by atoms with Gasteiger partial charge in [0.05, 0.1) is 23.8 Å². The van der Waals surface area contributed by atoms with E-state index in [0.29, 0.717) is 18.4 Å². The molecule has 4 fully saturated rings. The molecule has 4 unspecified atom stereocenters. The van der Waals surface area contributed by atoms with Crippen molar-refractivity contribution < 1.29 is 14.3 Å². The van der Waals surface area contributed by atoms with E-state index in [4.69, 9.17) is 10.5 Å². The third-order valence-corrected chi connectivity index (χ3v) is 9.55. The summed E-state index contributed by atoms with van der Waals surface area (Å²) in [5.74, 6) is 0.476. The maximum absolute atomic E-state index is 13.2. The fourth-order valence-corrected chi connectivity index (χ4v) is 7.57. The van der Waals surface area contributed by atoms with Crippen molar-refractivity contribution in [3.8, 4) is 0 Å². The first-order valence-electron chi connectivity index (χ1n) is 14.7. The molecule has 2 N–H and O–H groups in total. The van der Waals surface area contributed by atoms with Crippen molar-refractivity contribution in [2.24, 2.45) is 17.6 Å². The molecule has 9 heteroatoms. The van der Waals surface area contributed by atoms with Crippen LogP contribution in [0.5, 0.6) is 0 Å². The van der Waals surface area contributed by atoms with Crippen molar-refractivity contribution in [2.45, 2.75) is 76.5 Å². The Hall–Kier alpha value is -2.65. The van der Waals surface area contributed by atoms with Crippen molar-refractivity contribution in [3.63, 3.8) is 0 Å². The third kappa shape index (κ3) is 4.91. The largest absolute Gasteiger partial charge is 0.374 e. The first-order valence-corrected chi connectivity index (χ1v) is 14.7. The summed E-state index contributed by atoms with van der Waals surface area (Å²) in [7, 11) is 0. The number of primary amides is 1. The number of pyridine rings is 1. The SMILES string of the molecule is CCc1ccn2ccnc2c1N1CCCN(C(CC(N)=O)C2CCN(C(=O)C3CC4CCC3O4)CC2)CC1. The van der Waals surface area contributed by atoms with Crippen molar-refractivity contribution in [3.05, 3.63) is 30.2 Å². The number of carbonyl (C=O) groups excluding carboxylic acids is 2. The molecular formula is C29H42N6O3. The highest BCUT2D eigenvalue weighted by Gasteiger charge is 2.46. The molecule has 0 aliphatic carbocycles. The number of piperidine rings is 1. The molecule has 206 valence electrons. The zero-order valence-electron chi connectivity index (χ0n) is 22.6. The third-order valence-electron chi connectivity index (χ3n) is 9.55. The Morgan fingerprint density at radius 3 is 2.63 bits per heavy atom. The average molecular weight is 523 g/mol. The van der Waals surface area contributed by atoms with Crippen LogP contribution in [-0.2, 0) is 20.7 Å². The summed E-state index contributed by atoms with van der Waals surface area (Å²) in [5, 5.41) is 0. The Labute approximate surface area is 225 Å². The van der Waals surface area contributed by atoms with E-state index in [-0.39, 0.29) is 29.9 Å². The van der Waals surface area contributed by atoms with E-state index in [2.05, 4.69) is 43.3 Å². The minimum atomic E-state index is -0.232. The Kier molecular flexibility index (Phi) is 7.31. The number of hydrogen-bond donors (Lipinski definition) is 1. The average Bonchev–Trinajstić information content (AvgIpc) is 3.65. The number of rotatable bonds is 7. The molecule has 0 radical (unpaired) electrons. The second kappa shape index (κ2) is 10.8. The van der Waals surface area contributed by atoms with E-state index < -0.39 is 0 Å². The standard InChI is InChI=1S/C29H42N6O3/c1-2-20-6-12-34-15-9-31-28(34)27(20)33-11-3-10-32(16-17-33)24(19-26(30)36)21-7-13-35(14-8-21)29(37)23-18-22-4-5-25(23)38-22/h6,9,12,15,21-25H,2-5,7-8,10-11,13-14,16-19H2,1H3,(H2,30,36). The van der Waals surface area contributed by atoms with Crippen LogP contribution in [0, 0.1) is 11.8 Å². The first-order chi connectivity index (χ1) is 18.5. The lowest BCUT2D eigenvalue weighted by atomic mass is 9.84. The molecule has 4 saturated heterocycles. The van der Waals surface area contributed by atoms with E-state index in [1.165, 1.54) is 11.3 Å². The summed E-state index contributed by atoms with van der Waals surface area (Å²) in [6, 6.07) is 2.34. The van der Waals surface area contributed by atoms with E-state index >= 15 is 0 Å². The highest BCUT2D eigenvalue weighted by molar-refractivity contribution is 5.80. The van der Waals surface area contributed by atoms with Crippen LogP contribution in [0.4, 0.5) is 5.69 Å². The van der Waals surface area contributed by atoms with Crippen LogP contribution in [-0.4, -0.2) is 88.5 Å². The number of aryl methyl sites for hydroxylation is 1. The number of ether oxygens (including phenoxy) is 1. The molecule has 0 aromatic carbocycles. The van der Waals surface area contributed by atoms with Gasteiger partial charge in [-0.05, 0) is 62.5 Å². The van der Waals surface area contributed by atoms with Crippen molar-refractivity contribution in [1.82, 2.24) is 19.2 Å². The van der Waals surface area contributed by atoms with Crippen LogP contribution in [0.2, 0.25) is 0 Å². The van der Waals surface area contributed by atoms with Crippen molar-refractivity contribution in [2.75, 3.05) is 44.2 Å². The van der Waals surface area contributed by atoms with Crippen LogP contribution >= 0.6 is 0 Å². The minimum absolute atomic E-state index is 0.0517. The number of imidazole rings is 1. The van der Waals surface area contributed by atoms with Crippen LogP contribution in [0.3, 0.4) is 0 Å². The van der Waals surface area contributed by atoms with Gasteiger partial charge in [-0.25, -0.2) is 4.98 Å². The number of nitrogens with two attached hydrogens (primary N) is 1. The minimum Gasteiger partial charge on any atom is -0.374 e. The fourth-order valence-electron chi connectivity index (χ4n) is 7.57. The Bertz CT molecular complexity index is 1160. The lowest BCUT2D eigenvalue weighted by molar-refractivity contribution is -0.139. The van der Waals surface area contributed by atoms with Crippen LogP contribution in [0.1, 0.15) is 57.4 Å². The van der Waals surface area contributed by atoms with Gasteiger partial charge in [-0.2, -0.15) is 0 Å².